The van der Waals surface area contributed by atoms with Gasteiger partial charge in [0, 0.05) is 11.6 Å². The van der Waals surface area contributed by atoms with Crippen LogP contribution in [0.25, 0.3) is 11.3 Å². The Morgan fingerprint density at radius 3 is 2.50 bits per heavy atom. The molecule has 1 heterocycles. The zero-order valence-electron chi connectivity index (χ0n) is 13.7. The summed E-state index contributed by atoms with van der Waals surface area (Å²) < 4.78 is 15.4. The summed E-state index contributed by atoms with van der Waals surface area (Å²) in [5.74, 6) is -0.518. The Hall–Kier alpha value is -3.03. The fraction of sp³-hybridized carbons (Fsp3) is 0.312. The van der Waals surface area contributed by atoms with Gasteiger partial charge in [-0.05, 0) is 39.0 Å². The van der Waals surface area contributed by atoms with E-state index in [2.05, 4.69) is 10.5 Å². The molecule has 0 saturated heterocycles. The third-order valence-corrected chi connectivity index (χ3v) is 2.85. The van der Waals surface area contributed by atoms with E-state index in [-0.39, 0.29) is 11.5 Å². The van der Waals surface area contributed by atoms with Crippen LogP contribution in [-0.4, -0.2) is 35.0 Å². The van der Waals surface area contributed by atoms with Gasteiger partial charge in [-0.25, -0.2) is 9.59 Å². The second kappa shape index (κ2) is 6.61. The van der Waals surface area contributed by atoms with Crippen LogP contribution in [0, 0.1) is 0 Å². The van der Waals surface area contributed by atoms with Gasteiger partial charge in [0.05, 0.1) is 12.8 Å². The molecule has 0 bridgehead atoms. The summed E-state index contributed by atoms with van der Waals surface area (Å²) in [5.41, 5.74) is 0.0397. The number of hydrogen-bond donors (Lipinski definition) is 2. The first-order valence-electron chi connectivity index (χ1n) is 7.08. The Kier molecular flexibility index (Phi) is 4.77. The standard InChI is InChI=1S/C16H18N2O6/c1-16(2,3)23-15(21)17-10-7-9(5-6-12(10)22-4)13-8-11(14(19)20)18-24-13/h5-8H,1-4H3,(H,17,21)(H,19,20). The summed E-state index contributed by atoms with van der Waals surface area (Å²) in [4.78, 5) is 22.8. The SMILES string of the molecule is COc1ccc(-c2cc(C(=O)O)no2)cc1NC(=O)OC(C)(C)C. The van der Waals surface area contributed by atoms with Crippen molar-refractivity contribution in [2.75, 3.05) is 12.4 Å². The quantitative estimate of drug-likeness (QED) is 0.881. The number of amides is 1. The monoisotopic (exact) mass is 334 g/mol. The maximum Gasteiger partial charge on any atom is 0.412 e. The van der Waals surface area contributed by atoms with Crippen LogP contribution >= 0.6 is 0 Å². The number of ether oxygens (including phenoxy) is 2. The van der Waals surface area contributed by atoms with Crippen LogP contribution < -0.4 is 10.1 Å². The maximum absolute atomic E-state index is 11.9. The smallest absolute Gasteiger partial charge is 0.412 e. The van der Waals surface area contributed by atoms with E-state index in [0.29, 0.717) is 17.0 Å². The van der Waals surface area contributed by atoms with Crippen LogP contribution in [0.5, 0.6) is 5.75 Å². The first-order chi connectivity index (χ1) is 11.2. The topological polar surface area (TPSA) is 111 Å². The van der Waals surface area contributed by atoms with Gasteiger partial charge in [-0.3, -0.25) is 5.32 Å². The highest BCUT2D eigenvalue weighted by Crippen LogP contribution is 2.31. The second-order valence-electron chi connectivity index (χ2n) is 5.92. The number of carbonyl (C=O) groups is 2. The Morgan fingerprint density at radius 1 is 1.25 bits per heavy atom. The zero-order valence-corrected chi connectivity index (χ0v) is 13.7. The molecule has 8 nitrogen and oxygen atoms in total. The fourth-order valence-electron chi connectivity index (χ4n) is 1.88. The molecule has 0 fully saturated rings. The molecule has 2 rings (SSSR count). The molecule has 0 saturated carbocycles. The number of methoxy groups -OCH3 is 1. The number of aromatic carboxylic acids is 1. The number of nitrogens with one attached hydrogen (secondary N) is 1. The molecule has 8 heteroatoms. The summed E-state index contributed by atoms with van der Waals surface area (Å²) in [6.45, 7) is 5.26. The lowest BCUT2D eigenvalue weighted by Crippen LogP contribution is -2.27. The van der Waals surface area contributed by atoms with E-state index in [9.17, 15) is 9.59 Å². The van der Waals surface area contributed by atoms with Crippen LogP contribution in [0.2, 0.25) is 0 Å². The zero-order chi connectivity index (χ0) is 17.9. The Balaban J connectivity index is 2.29. The lowest BCUT2D eigenvalue weighted by atomic mass is 10.1. The number of benzene rings is 1. The number of carboxylic acids is 1. The van der Waals surface area contributed by atoms with Gasteiger partial charge in [-0.15, -0.1) is 0 Å². The molecule has 24 heavy (non-hydrogen) atoms. The second-order valence-corrected chi connectivity index (χ2v) is 5.92. The molecule has 1 amide bonds. The minimum atomic E-state index is -1.19. The highest BCUT2D eigenvalue weighted by molar-refractivity contribution is 5.89. The largest absolute Gasteiger partial charge is 0.495 e. The Bertz CT molecular complexity index is 760. The van der Waals surface area contributed by atoms with Crippen LogP contribution in [0.15, 0.2) is 28.8 Å². The molecule has 1 aromatic heterocycles. The molecular formula is C16H18N2O6. The Labute approximate surface area is 138 Å². The Morgan fingerprint density at radius 2 is 1.96 bits per heavy atom. The number of rotatable bonds is 4. The lowest BCUT2D eigenvalue weighted by molar-refractivity contribution is 0.0633. The average Bonchev–Trinajstić information content (AvgIpc) is 2.95. The van der Waals surface area contributed by atoms with Crippen molar-refractivity contribution in [2.24, 2.45) is 0 Å². The predicted octanol–water partition coefficient (Wildman–Crippen LogP) is 3.40. The van der Waals surface area contributed by atoms with Crippen LogP contribution in [0.3, 0.4) is 0 Å². The summed E-state index contributed by atoms with van der Waals surface area (Å²) in [5, 5.41) is 14.9. The summed E-state index contributed by atoms with van der Waals surface area (Å²) in [6, 6.07) is 6.15. The molecule has 0 aliphatic heterocycles. The number of carboxylic acid groups (broad SMARTS) is 1. The van der Waals surface area contributed by atoms with E-state index in [1.54, 1.807) is 39.0 Å². The van der Waals surface area contributed by atoms with Gasteiger partial charge in [-0.1, -0.05) is 5.16 Å². The van der Waals surface area contributed by atoms with Crippen molar-refractivity contribution in [1.82, 2.24) is 5.16 Å². The normalized spacial score (nSPS) is 11.0. The summed E-state index contributed by atoms with van der Waals surface area (Å²) >= 11 is 0. The number of carbonyl (C=O) groups excluding carboxylic acids is 1. The minimum absolute atomic E-state index is 0.206. The third-order valence-electron chi connectivity index (χ3n) is 2.85. The van der Waals surface area contributed by atoms with Crippen LogP contribution in [0.1, 0.15) is 31.3 Å². The molecule has 0 aliphatic carbocycles. The molecule has 0 unspecified atom stereocenters. The number of anilines is 1. The molecular weight excluding hydrogens is 316 g/mol. The van der Waals surface area contributed by atoms with Crippen molar-refractivity contribution in [2.45, 2.75) is 26.4 Å². The molecule has 2 N–H and O–H groups in total. The van der Waals surface area contributed by atoms with E-state index in [1.165, 1.54) is 13.2 Å². The highest BCUT2D eigenvalue weighted by atomic mass is 16.6. The third kappa shape index (κ3) is 4.25. The van der Waals surface area contributed by atoms with Crippen molar-refractivity contribution in [3.8, 4) is 17.1 Å². The van der Waals surface area contributed by atoms with Gasteiger partial charge in [0.15, 0.2) is 11.5 Å². The number of aromatic nitrogens is 1. The molecule has 1 aromatic carbocycles. The highest BCUT2D eigenvalue weighted by Gasteiger charge is 2.19. The molecule has 0 spiro atoms. The van der Waals surface area contributed by atoms with Crippen LogP contribution in [0.4, 0.5) is 10.5 Å². The predicted molar refractivity (Wildman–Crippen MR) is 85.3 cm³/mol. The molecule has 0 atom stereocenters. The molecule has 0 radical (unpaired) electrons. The van der Waals surface area contributed by atoms with E-state index in [4.69, 9.17) is 19.1 Å². The van der Waals surface area contributed by atoms with Crippen molar-refractivity contribution in [3.05, 3.63) is 30.0 Å². The maximum atomic E-state index is 11.9. The first-order valence-corrected chi connectivity index (χ1v) is 7.08. The van der Waals surface area contributed by atoms with Gasteiger partial charge in [0.1, 0.15) is 11.4 Å². The molecule has 128 valence electrons. The van der Waals surface area contributed by atoms with E-state index >= 15 is 0 Å². The van der Waals surface area contributed by atoms with E-state index in [1.807, 2.05) is 0 Å². The lowest BCUT2D eigenvalue weighted by Gasteiger charge is -2.20. The van der Waals surface area contributed by atoms with E-state index < -0.39 is 17.7 Å². The van der Waals surface area contributed by atoms with Gasteiger partial charge >= 0.3 is 12.1 Å². The van der Waals surface area contributed by atoms with Gasteiger partial charge in [0.2, 0.25) is 0 Å². The summed E-state index contributed by atoms with van der Waals surface area (Å²) in [7, 11) is 1.46. The van der Waals surface area contributed by atoms with Crippen molar-refractivity contribution >= 4 is 17.7 Å². The van der Waals surface area contributed by atoms with Gasteiger partial charge < -0.3 is 19.1 Å². The van der Waals surface area contributed by atoms with E-state index in [0.717, 1.165) is 0 Å². The number of nitrogens with zero attached hydrogens (tertiary/aromatic N) is 1. The van der Waals surface area contributed by atoms with Gasteiger partial charge in [0.25, 0.3) is 0 Å². The average molecular weight is 334 g/mol. The van der Waals surface area contributed by atoms with Crippen molar-refractivity contribution in [1.29, 1.82) is 0 Å². The molecule has 2 aromatic rings. The fourth-order valence-corrected chi connectivity index (χ4v) is 1.88. The van der Waals surface area contributed by atoms with Crippen molar-refractivity contribution < 1.29 is 28.7 Å². The minimum Gasteiger partial charge on any atom is -0.495 e. The van der Waals surface area contributed by atoms with Crippen molar-refractivity contribution in [3.63, 3.8) is 0 Å². The van der Waals surface area contributed by atoms with Crippen LogP contribution in [-0.2, 0) is 4.74 Å². The number of hydrogen-bond acceptors (Lipinski definition) is 6. The first kappa shape index (κ1) is 17.3. The van der Waals surface area contributed by atoms with Gasteiger partial charge in [-0.2, -0.15) is 0 Å². The molecule has 0 aliphatic rings. The summed E-state index contributed by atoms with van der Waals surface area (Å²) in [6.07, 6.45) is -0.637.